The third kappa shape index (κ3) is 5.87. The van der Waals surface area contributed by atoms with Crippen molar-refractivity contribution in [3.05, 3.63) is 46.7 Å². The van der Waals surface area contributed by atoms with Crippen LogP contribution in [0.2, 0.25) is 5.02 Å². The Bertz CT molecular complexity index is 1020. The summed E-state index contributed by atoms with van der Waals surface area (Å²) >= 11 is 5.84. The molecule has 2 fully saturated rings. The number of anilines is 2. The lowest BCUT2D eigenvalue weighted by Gasteiger charge is -2.31. The Morgan fingerprint density at radius 3 is 2.42 bits per heavy atom. The third-order valence-electron chi connectivity index (χ3n) is 6.01. The number of halogens is 3. The number of hydrogen-bond acceptors (Lipinski definition) is 6. The van der Waals surface area contributed by atoms with Crippen LogP contribution in [0.1, 0.15) is 50.0 Å². The van der Waals surface area contributed by atoms with Gasteiger partial charge < -0.3 is 20.8 Å². The number of nitrogens with two attached hydrogens (primary N) is 1. The first kappa shape index (κ1) is 23.2. The van der Waals surface area contributed by atoms with Gasteiger partial charge >= 0.3 is 6.03 Å². The fourth-order valence-corrected chi connectivity index (χ4v) is 4.33. The van der Waals surface area contributed by atoms with E-state index in [0.29, 0.717) is 42.2 Å². The highest BCUT2D eigenvalue weighted by Crippen LogP contribution is 2.35. The van der Waals surface area contributed by atoms with Crippen LogP contribution in [0.25, 0.3) is 0 Å². The lowest BCUT2D eigenvalue weighted by molar-refractivity contribution is 0.0406. The lowest BCUT2D eigenvalue weighted by Crippen LogP contribution is -2.37. The van der Waals surface area contributed by atoms with Gasteiger partial charge in [0.1, 0.15) is 17.7 Å². The summed E-state index contributed by atoms with van der Waals surface area (Å²) in [6.07, 6.45) is 7.41. The van der Waals surface area contributed by atoms with E-state index in [-0.39, 0.29) is 17.7 Å². The van der Waals surface area contributed by atoms with Crippen molar-refractivity contribution in [2.45, 2.75) is 50.5 Å². The van der Waals surface area contributed by atoms with Crippen LogP contribution in [0.15, 0.2) is 29.7 Å². The maximum atomic E-state index is 14.5. The van der Waals surface area contributed by atoms with Crippen LogP contribution < -0.4 is 16.0 Å². The Morgan fingerprint density at radius 1 is 1.12 bits per heavy atom. The number of carbonyl (C=O) groups excluding carboxylic acids is 1. The van der Waals surface area contributed by atoms with Crippen LogP contribution in [0.4, 0.5) is 25.2 Å². The smallest absolute Gasteiger partial charge is 0.316 e. The van der Waals surface area contributed by atoms with Crippen molar-refractivity contribution in [3.63, 3.8) is 0 Å². The van der Waals surface area contributed by atoms with E-state index in [4.69, 9.17) is 22.2 Å². The maximum absolute atomic E-state index is 14.5. The summed E-state index contributed by atoms with van der Waals surface area (Å²) in [6.45, 7) is 1.54. The molecule has 8 nitrogen and oxygen atoms in total. The molecule has 1 aliphatic carbocycles. The summed E-state index contributed by atoms with van der Waals surface area (Å²) in [5, 5.41) is 6.94. The molecule has 2 aliphatic rings. The Balaban J connectivity index is 1.26. The molecule has 2 aromatic rings. The van der Waals surface area contributed by atoms with Gasteiger partial charge in [-0.05, 0) is 43.2 Å². The van der Waals surface area contributed by atoms with Gasteiger partial charge in [-0.2, -0.15) is 0 Å². The molecule has 0 spiro atoms. The minimum atomic E-state index is -0.941. The average molecular weight is 479 g/mol. The quantitative estimate of drug-likeness (QED) is 0.611. The van der Waals surface area contributed by atoms with Crippen LogP contribution in [0, 0.1) is 11.6 Å². The second-order valence-corrected chi connectivity index (χ2v) is 8.70. The largest absolute Gasteiger partial charge is 0.392 e. The first-order valence-electron chi connectivity index (χ1n) is 10.9. The van der Waals surface area contributed by atoms with E-state index in [1.807, 2.05) is 0 Å². The summed E-state index contributed by atoms with van der Waals surface area (Å²) < 4.78 is 28.7. The summed E-state index contributed by atoms with van der Waals surface area (Å²) in [5.41, 5.74) is 5.96. The molecule has 1 saturated carbocycles. The number of benzene rings is 1. The summed E-state index contributed by atoms with van der Waals surface area (Å²) in [6, 6.07) is 1.18. The van der Waals surface area contributed by atoms with E-state index in [1.165, 1.54) is 0 Å². The number of oxime groups is 1. The standard InChI is InChI=1S/C22H25ClF2N6O2/c23-14-11-27-22(28-12-14)31-7-5-16(6-8-31)33-30-15-3-1-13(2-4-15)17-9-19(25)20(10-18(17)24)29-21(26)32/h9-13,16H,1-8H2,(H3,26,29,32). The van der Waals surface area contributed by atoms with Crippen molar-refractivity contribution >= 4 is 35.0 Å². The van der Waals surface area contributed by atoms with Gasteiger partial charge in [0.25, 0.3) is 0 Å². The highest BCUT2D eigenvalue weighted by Gasteiger charge is 2.26. The van der Waals surface area contributed by atoms with E-state index >= 15 is 0 Å². The molecular weight excluding hydrogens is 454 g/mol. The van der Waals surface area contributed by atoms with Crippen molar-refractivity contribution in [2.24, 2.45) is 10.9 Å². The molecule has 1 aliphatic heterocycles. The highest BCUT2D eigenvalue weighted by atomic mass is 35.5. The Hall–Kier alpha value is -3.01. The molecule has 0 bridgehead atoms. The number of nitrogens with zero attached hydrogens (tertiary/aromatic N) is 4. The zero-order valence-electron chi connectivity index (χ0n) is 17.9. The monoisotopic (exact) mass is 478 g/mol. The number of urea groups is 1. The molecular formula is C22H25ClF2N6O2. The normalized spacial score (nSPS) is 19.3. The molecule has 0 radical (unpaired) electrons. The minimum Gasteiger partial charge on any atom is -0.392 e. The Kier molecular flexibility index (Phi) is 7.22. The molecule has 2 heterocycles. The van der Waals surface area contributed by atoms with E-state index in [2.05, 4.69) is 25.3 Å². The fourth-order valence-electron chi connectivity index (χ4n) is 4.24. The number of aromatic nitrogens is 2. The molecule has 1 aromatic heterocycles. The van der Waals surface area contributed by atoms with Crippen LogP contribution in [0.3, 0.4) is 0 Å². The summed E-state index contributed by atoms with van der Waals surface area (Å²) in [7, 11) is 0. The van der Waals surface area contributed by atoms with Gasteiger partial charge in [-0.3, -0.25) is 0 Å². The molecule has 4 rings (SSSR count). The van der Waals surface area contributed by atoms with Crippen LogP contribution >= 0.6 is 11.6 Å². The van der Waals surface area contributed by atoms with Crippen molar-refractivity contribution in [1.29, 1.82) is 0 Å². The fraction of sp³-hybridized carbons (Fsp3) is 0.455. The first-order chi connectivity index (χ1) is 15.9. The van der Waals surface area contributed by atoms with Gasteiger partial charge in [0.15, 0.2) is 0 Å². The number of primary amides is 1. The van der Waals surface area contributed by atoms with Crippen LogP contribution in [0.5, 0.6) is 0 Å². The predicted octanol–water partition coefficient (Wildman–Crippen LogP) is 4.60. The van der Waals surface area contributed by atoms with Crippen molar-refractivity contribution in [3.8, 4) is 0 Å². The number of hydrogen-bond donors (Lipinski definition) is 2. The van der Waals surface area contributed by atoms with Crippen molar-refractivity contribution in [1.82, 2.24) is 9.97 Å². The average Bonchev–Trinajstić information content (AvgIpc) is 2.81. The number of piperidine rings is 1. The molecule has 2 amide bonds. The molecule has 1 aromatic carbocycles. The SMILES string of the molecule is NC(=O)Nc1cc(F)c(C2CCC(=NOC3CCN(c4ncc(Cl)cn4)CC3)CC2)cc1F. The Labute approximate surface area is 195 Å². The van der Waals surface area contributed by atoms with Crippen LogP contribution in [-0.4, -0.2) is 40.9 Å². The highest BCUT2D eigenvalue weighted by molar-refractivity contribution is 6.30. The number of amides is 2. The summed E-state index contributed by atoms with van der Waals surface area (Å²) in [4.78, 5) is 27.3. The van der Waals surface area contributed by atoms with Crippen LogP contribution in [-0.2, 0) is 4.84 Å². The minimum absolute atomic E-state index is 0.0237. The molecule has 11 heteroatoms. The Morgan fingerprint density at radius 2 is 1.79 bits per heavy atom. The van der Waals surface area contributed by atoms with E-state index in [0.717, 1.165) is 43.8 Å². The van der Waals surface area contributed by atoms with Gasteiger partial charge in [-0.1, -0.05) is 16.8 Å². The molecule has 0 unspecified atom stereocenters. The van der Waals surface area contributed by atoms with Crippen molar-refractivity contribution in [2.75, 3.05) is 23.3 Å². The number of carbonyl (C=O) groups is 1. The van der Waals surface area contributed by atoms with Crippen molar-refractivity contribution < 1.29 is 18.4 Å². The van der Waals surface area contributed by atoms with Gasteiger partial charge in [0.05, 0.1) is 28.8 Å². The van der Waals surface area contributed by atoms with Gasteiger partial charge in [-0.25, -0.2) is 23.5 Å². The zero-order valence-corrected chi connectivity index (χ0v) is 18.7. The number of nitrogens with one attached hydrogen (secondary N) is 1. The number of rotatable bonds is 5. The molecule has 3 N–H and O–H groups in total. The topological polar surface area (TPSA) is 106 Å². The molecule has 0 atom stereocenters. The van der Waals surface area contributed by atoms with Gasteiger partial charge in [0.2, 0.25) is 5.95 Å². The van der Waals surface area contributed by atoms with E-state index in [1.54, 1.807) is 12.4 Å². The van der Waals surface area contributed by atoms with Gasteiger partial charge in [0, 0.05) is 32.0 Å². The third-order valence-corrected chi connectivity index (χ3v) is 6.20. The lowest BCUT2D eigenvalue weighted by atomic mass is 9.83. The van der Waals surface area contributed by atoms with Gasteiger partial charge in [-0.15, -0.1) is 0 Å². The zero-order chi connectivity index (χ0) is 23.4. The molecule has 33 heavy (non-hydrogen) atoms. The first-order valence-corrected chi connectivity index (χ1v) is 11.3. The predicted molar refractivity (Wildman–Crippen MR) is 122 cm³/mol. The molecule has 176 valence electrons. The summed E-state index contributed by atoms with van der Waals surface area (Å²) in [5.74, 6) is -0.727. The van der Waals surface area contributed by atoms with E-state index in [9.17, 15) is 13.6 Å². The molecule has 1 saturated heterocycles. The second-order valence-electron chi connectivity index (χ2n) is 8.27. The second kappa shape index (κ2) is 10.3. The van der Waals surface area contributed by atoms with E-state index < -0.39 is 17.7 Å². The maximum Gasteiger partial charge on any atom is 0.316 e.